The van der Waals surface area contributed by atoms with Gasteiger partial charge < -0.3 is 0 Å². The number of piperazine rings is 1. The summed E-state index contributed by atoms with van der Waals surface area (Å²) in [6.07, 6.45) is -0.743. The first-order valence-electron chi connectivity index (χ1n) is 10.9. The van der Waals surface area contributed by atoms with E-state index in [1.165, 1.54) is 22.8 Å². The van der Waals surface area contributed by atoms with Gasteiger partial charge in [0.05, 0.1) is 5.56 Å². The summed E-state index contributed by atoms with van der Waals surface area (Å²) < 4.78 is 48.6. The monoisotopic (exact) mass is 598 g/mol. The van der Waals surface area contributed by atoms with E-state index < -0.39 is 17.8 Å². The summed E-state index contributed by atoms with van der Waals surface area (Å²) in [5.74, 6) is 1.04. The van der Waals surface area contributed by atoms with E-state index in [0.717, 1.165) is 32.2 Å². The van der Waals surface area contributed by atoms with Gasteiger partial charge in [-0.05, 0) is 24.6 Å². The zero-order valence-electron chi connectivity index (χ0n) is 18.8. The van der Waals surface area contributed by atoms with Crippen molar-refractivity contribution in [3.8, 4) is 5.75 Å². The Kier molecular flexibility index (Phi) is 7.96. The van der Waals surface area contributed by atoms with Gasteiger partial charge in [0, 0.05) is 0 Å². The molecule has 0 saturated carbocycles. The SMILES string of the molecule is Cc1ccc(NC(=O)Nc2ccc(OC3=NC=C[I-]C(N4CCNCC4)=C3)cc2)cc1C(F)(F)F. The molecule has 0 spiro atoms. The van der Waals surface area contributed by atoms with Crippen LogP contribution in [0.2, 0.25) is 0 Å². The smallest absolute Gasteiger partial charge is 0.166 e. The summed E-state index contributed by atoms with van der Waals surface area (Å²) in [5, 5.41) is 8.38. The van der Waals surface area contributed by atoms with Gasteiger partial charge in [-0.3, -0.25) is 0 Å². The van der Waals surface area contributed by atoms with Crippen LogP contribution in [0.4, 0.5) is 29.3 Å². The molecule has 2 heterocycles. The van der Waals surface area contributed by atoms with E-state index in [-0.39, 0.29) is 32.5 Å². The number of urea groups is 1. The van der Waals surface area contributed by atoms with E-state index in [2.05, 4.69) is 29.9 Å². The van der Waals surface area contributed by atoms with Crippen molar-refractivity contribution >= 4 is 23.3 Å². The number of carbonyl (C=O) groups is 1. The Morgan fingerprint density at radius 1 is 1.09 bits per heavy atom. The zero-order valence-corrected chi connectivity index (χ0v) is 21.0. The number of benzene rings is 2. The number of halogens is 4. The second-order valence-electron chi connectivity index (χ2n) is 7.79. The molecule has 35 heavy (non-hydrogen) atoms. The third kappa shape index (κ3) is 6.98. The molecule has 2 aromatic rings. The molecule has 3 N–H and O–H groups in total. The standard InChI is InChI=1S/C24H24F3IN5O2/c1-16-2-3-18(14-20(16)24(25,26)27)32-23(34)31-17-4-6-19(7-5-17)35-22-15-21(28-8-9-30-22)33-12-10-29-11-13-33/h2-9,14-15,29H,10-13H2,1H3,(H2,31,32,34)/q-1. The van der Waals surface area contributed by atoms with Crippen molar-refractivity contribution in [3.05, 3.63) is 73.7 Å². The molecular weight excluding hydrogens is 574 g/mol. The van der Waals surface area contributed by atoms with Crippen LogP contribution in [-0.4, -0.2) is 43.0 Å². The second kappa shape index (κ2) is 11.1. The van der Waals surface area contributed by atoms with Crippen molar-refractivity contribution in [3.63, 3.8) is 0 Å². The molecule has 0 aromatic heterocycles. The molecule has 0 atom stereocenters. The third-order valence-corrected chi connectivity index (χ3v) is 7.54. The van der Waals surface area contributed by atoms with Gasteiger partial charge in [0.1, 0.15) is 0 Å². The predicted molar refractivity (Wildman–Crippen MR) is 125 cm³/mol. The first kappa shape index (κ1) is 25.0. The Morgan fingerprint density at radius 3 is 2.49 bits per heavy atom. The van der Waals surface area contributed by atoms with Gasteiger partial charge in [0.15, 0.2) is 0 Å². The maximum Gasteiger partial charge on any atom is 0.416 e. The van der Waals surface area contributed by atoms with Crippen LogP contribution in [-0.2, 0) is 6.18 Å². The number of rotatable bonds is 4. The summed E-state index contributed by atoms with van der Waals surface area (Å²) in [4.78, 5) is 19.0. The van der Waals surface area contributed by atoms with Crippen molar-refractivity contribution in [2.24, 2.45) is 4.99 Å². The van der Waals surface area contributed by atoms with E-state index in [9.17, 15) is 18.0 Å². The van der Waals surface area contributed by atoms with Crippen molar-refractivity contribution < 1.29 is 43.9 Å². The molecule has 1 fully saturated rings. The molecule has 4 rings (SSSR count). The van der Waals surface area contributed by atoms with E-state index in [4.69, 9.17) is 4.74 Å². The fourth-order valence-corrected chi connectivity index (χ4v) is 5.50. The number of ether oxygens (including phenoxy) is 1. The molecule has 2 aliphatic heterocycles. The van der Waals surface area contributed by atoms with Crippen LogP contribution in [0.5, 0.6) is 5.75 Å². The van der Waals surface area contributed by atoms with Gasteiger partial charge in [0.2, 0.25) is 0 Å². The van der Waals surface area contributed by atoms with E-state index in [1.807, 2.05) is 6.08 Å². The number of carbonyl (C=O) groups excluding carboxylic acids is 1. The third-order valence-electron chi connectivity index (χ3n) is 5.23. The predicted octanol–water partition coefficient (Wildman–Crippen LogP) is 1.76. The topological polar surface area (TPSA) is 78.0 Å². The summed E-state index contributed by atoms with van der Waals surface area (Å²) >= 11 is -0.288. The molecular formula is C24H24F3IN5O2-. The van der Waals surface area contributed by atoms with Gasteiger partial charge in [0.25, 0.3) is 0 Å². The number of alkyl halides is 3. The van der Waals surface area contributed by atoms with Crippen molar-refractivity contribution in [2.45, 2.75) is 13.1 Å². The zero-order chi connectivity index (χ0) is 24.8. The summed E-state index contributed by atoms with van der Waals surface area (Å²) in [6, 6.07) is 9.67. The number of amides is 2. The largest absolute Gasteiger partial charge is 0.416 e. The van der Waals surface area contributed by atoms with E-state index in [0.29, 0.717) is 17.3 Å². The first-order chi connectivity index (χ1) is 16.8. The Hall–Kier alpha value is -3.06. The molecule has 2 aromatic carbocycles. The van der Waals surface area contributed by atoms with Crippen molar-refractivity contribution in [2.75, 3.05) is 36.8 Å². The molecule has 11 heteroatoms. The molecule has 7 nitrogen and oxygen atoms in total. The molecule has 2 aliphatic rings. The van der Waals surface area contributed by atoms with Gasteiger partial charge in [-0.2, -0.15) is 13.2 Å². The molecule has 186 valence electrons. The first-order valence-corrected chi connectivity index (χ1v) is 13.2. The maximum atomic E-state index is 13.1. The average molecular weight is 598 g/mol. The summed E-state index contributed by atoms with van der Waals surface area (Å²) in [6.45, 7) is 5.18. The minimum atomic E-state index is -4.49. The quantitative estimate of drug-likeness (QED) is 0.371. The molecule has 0 radical (unpaired) electrons. The van der Waals surface area contributed by atoms with E-state index in [1.54, 1.807) is 30.5 Å². The van der Waals surface area contributed by atoms with E-state index >= 15 is 0 Å². The van der Waals surface area contributed by atoms with Crippen LogP contribution < -0.4 is 41.9 Å². The van der Waals surface area contributed by atoms with Crippen LogP contribution in [0.15, 0.2) is 67.5 Å². The van der Waals surface area contributed by atoms with Gasteiger partial charge in [-0.25, -0.2) is 0 Å². The van der Waals surface area contributed by atoms with Crippen LogP contribution in [0.1, 0.15) is 11.1 Å². The number of hydrogen-bond donors (Lipinski definition) is 3. The maximum absolute atomic E-state index is 13.1. The normalized spacial score (nSPS) is 16.4. The Labute approximate surface area is 211 Å². The summed E-state index contributed by atoms with van der Waals surface area (Å²) in [7, 11) is 0. The number of nitrogens with zero attached hydrogens (tertiary/aromatic N) is 2. The van der Waals surface area contributed by atoms with Gasteiger partial charge >= 0.3 is 162 Å². The second-order valence-corrected chi connectivity index (χ2v) is 10.2. The number of aliphatic imine (C=N–C) groups is 1. The molecule has 2 amide bonds. The fraction of sp³-hybridized carbons (Fsp3) is 0.250. The number of anilines is 2. The molecule has 0 bridgehead atoms. The summed E-state index contributed by atoms with van der Waals surface area (Å²) in [5.41, 5.74) is -0.188. The average Bonchev–Trinajstić information content (AvgIpc) is 3.07. The van der Waals surface area contributed by atoms with Gasteiger partial charge in [-0.15, -0.1) is 0 Å². The molecule has 1 saturated heterocycles. The van der Waals surface area contributed by atoms with Crippen LogP contribution >= 0.6 is 0 Å². The Bertz CT molecular complexity index is 1160. The van der Waals surface area contributed by atoms with Crippen molar-refractivity contribution in [1.29, 1.82) is 0 Å². The number of hydrogen-bond acceptors (Lipinski definition) is 5. The Morgan fingerprint density at radius 2 is 1.77 bits per heavy atom. The Balaban J connectivity index is 1.36. The van der Waals surface area contributed by atoms with Crippen LogP contribution in [0.25, 0.3) is 0 Å². The van der Waals surface area contributed by atoms with Crippen LogP contribution in [0.3, 0.4) is 0 Å². The number of aryl methyl sites for hydroxylation is 1. The van der Waals surface area contributed by atoms with Gasteiger partial charge in [-0.1, -0.05) is 6.07 Å². The molecule has 0 unspecified atom stereocenters. The minimum absolute atomic E-state index is 0.0506. The fourth-order valence-electron chi connectivity index (χ4n) is 3.49. The van der Waals surface area contributed by atoms with Crippen molar-refractivity contribution in [1.82, 2.24) is 10.2 Å². The minimum Gasteiger partial charge on any atom is -0.166 e. The molecule has 0 aliphatic carbocycles. The number of nitrogens with one attached hydrogen (secondary N) is 3. The van der Waals surface area contributed by atoms with Crippen LogP contribution in [0, 0.1) is 6.92 Å².